The molecule has 0 spiro atoms. The zero-order valence-electron chi connectivity index (χ0n) is 16.7. The molecule has 4 N–H and O–H groups in total. The lowest BCUT2D eigenvalue weighted by atomic mass is 9.88. The van der Waals surface area contributed by atoms with E-state index in [-0.39, 0.29) is 5.91 Å². The summed E-state index contributed by atoms with van der Waals surface area (Å²) in [6.45, 7) is 0.991. The lowest BCUT2D eigenvalue weighted by Gasteiger charge is -2.32. The Morgan fingerprint density at radius 2 is 2.00 bits per heavy atom. The van der Waals surface area contributed by atoms with E-state index in [2.05, 4.69) is 17.4 Å². The average molecular weight is 448 g/mol. The van der Waals surface area contributed by atoms with Crippen LogP contribution in [0.15, 0.2) is 34.5 Å². The molecular formula is C21H25N3O4S2. The number of nitrogens with zero attached hydrogens (tertiary/aromatic N) is 1. The molecule has 1 saturated heterocycles. The van der Waals surface area contributed by atoms with E-state index >= 15 is 0 Å². The van der Waals surface area contributed by atoms with Crippen LogP contribution >= 0.6 is 23.1 Å². The van der Waals surface area contributed by atoms with E-state index in [0.717, 1.165) is 22.6 Å². The second-order valence-corrected chi connectivity index (χ2v) is 9.19. The highest BCUT2D eigenvalue weighted by Gasteiger charge is 2.27. The first-order chi connectivity index (χ1) is 14.5. The number of thioether (sulfide) groups is 1. The van der Waals surface area contributed by atoms with Crippen molar-refractivity contribution in [1.82, 2.24) is 4.90 Å². The maximum absolute atomic E-state index is 13.0. The number of thiophene rings is 1. The summed E-state index contributed by atoms with van der Waals surface area (Å²) in [7, 11) is 0. The fourth-order valence-corrected chi connectivity index (χ4v) is 5.27. The number of amides is 2. The van der Waals surface area contributed by atoms with Crippen LogP contribution in [0.5, 0.6) is 0 Å². The van der Waals surface area contributed by atoms with Gasteiger partial charge in [-0.15, -0.1) is 23.1 Å². The Hall–Kier alpha value is -2.20. The van der Waals surface area contributed by atoms with Gasteiger partial charge >= 0.3 is 0 Å². The molecule has 0 saturated carbocycles. The molecule has 30 heavy (non-hydrogen) atoms. The Morgan fingerprint density at radius 1 is 1.27 bits per heavy atom. The van der Waals surface area contributed by atoms with E-state index in [1.807, 2.05) is 23.3 Å². The third-order valence-corrected chi connectivity index (χ3v) is 7.44. The van der Waals surface area contributed by atoms with Crippen molar-refractivity contribution in [1.29, 1.82) is 0 Å². The topological polar surface area (TPSA) is 113 Å². The molecule has 0 bridgehead atoms. The molecule has 1 aromatic carbocycles. The van der Waals surface area contributed by atoms with Crippen LogP contribution in [0.2, 0.25) is 0 Å². The smallest absolute Gasteiger partial charge is 0.294 e. The van der Waals surface area contributed by atoms with Crippen molar-refractivity contribution in [2.24, 2.45) is 5.73 Å². The van der Waals surface area contributed by atoms with Crippen LogP contribution in [-0.2, 0) is 16.1 Å². The van der Waals surface area contributed by atoms with Crippen LogP contribution < -0.4 is 11.1 Å². The van der Waals surface area contributed by atoms with Crippen LogP contribution in [0.1, 0.15) is 39.6 Å². The van der Waals surface area contributed by atoms with Crippen molar-refractivity contribution < 1.29 is 19.5 Å². The standard InChI is InChI=1S/C21H25N3O4S2/c1-29-21-16(23-19(27)17(26)12-25)10-18(30-21)20(28)24-7-5-14(6-8-24)15-4-2-3-13(9-15)11-22/h2-4,9-10,14,25H,5-8,11-12,22H2,1H3,(H,23,27). The number of Topliss-reactive ketones (excluding diaryl/α,β-unsaturated/α-hetero) is 1. The molecule has 0 atom stereocenters. The fraction of sp³-hybridized carbons (Fsp3) is 0.381. The largest absolute Gasteiger partial charge is 0.388 e. The molecule has 1 aromatic heterocycles. The highest BCUT2D eigenvalue weighted by atomic mass is 32.2. The van der Waals surface area contributed by atoms with E-state index in [4.69, 9.17) is 10.8 Å². The van der Waals surface area contributed by atoms with Crippen molar-refractivity contribution >= 4 is 46.4 Å². The van der Waals surface area contributed by atoms with E-state index in [9.17, 15) is 14.4 Å². The SMILES string of the molecule is CSc1sc(C(=O)N2CCC(c3cccc(CN)c3)CC2)cc1NC(=O)C(=O)CO. The molecular weight excluding hydrogens is 422 g/mol. The zero-order chi connectivity index (χ0) is 21.7. The first-order valence-electron chi connectivity index (χ1n) is 9.67. The lowest BCUT2D eigenvalue weighted by Crippen LogP contribution is -2.37. The van der Waals surface area contributed by atoms with Crippen molar-refractivity contribution in [3.63, 3.8) is 0 Å². The normalized spacial score (nSPS) is 14.6. The summed E-state index contributed by atoms with van der Waals surface area (Å²) in [5, 5.41) is 11.3. The molecule has 3 rings (SSSR count). The van der Waals surface area contributed by atoms with Crippen LogP contribution in [0, 0.1) is 0 Å². The van der Waals surface area contributed by atoms with Gasteiger partial charge in [-0.3, -0.25) is 14.4 Å². The number of anilines is 1. The number of piperidine rings is 1. The zero-order valence-corrected chi connectivity index (χ0v) is 18.4. The Morgan fingerprint density at radius 3 is 2.63 bits per heavy atom. The Kier molecular flexibility index (Phi) is 7.65. The first-order valence-corrected chi connectivity index (χ1v) is 11.7. The summed E-state index contributed by atoms with van der Waals surface area (Å²) in [6.07, 6.45) is 3.61. The molecule has 7 nitrogen and oxygen atoms in total. The summed E-state index contributed by atoms with van der Waals surface area (Å²) in [4.78, 5) is 38.5. The summed E-state index contributed by atoms with van der Waals surface area (Å²) in [6, 6.07) is 9.93. The number of aliphatic hydroxyl groups excluding tert-OH is 1. The van der Waals surface area contributed by atoms with Gasteiger partial charge in [0.05, 0.1) is 14.8 Å². The molecule has 1 fully saturated rings. The second kappa shape index (κ2) is 10.2. The van der Waals surface area contributed by atoms with E-state index in [1.165, 1.54) is 28.7 Å². The lowest BCUT2D eigenvalue weighted by molar-refractivity contribution is -0.136. The van der Waals surface area contributed by atoms with E-state index < -0.39 is 18.3 Å². The molecule has 0 aliphatic carbocycles. The van der Waals surface area contributed by atoms with Gasteiger partial charge < -0.3 is 21.1 Å². The molecule has 2 heterocycles. The predicted molar refractivity (Wildman–Crippen MR) is 119 cm³/mol. The van der Waals surface area contributed by atoms with Gasteiger partial charge in [0.1, 0.15) is 6.61 Å². The minimum absolute atomic E-state index is 0.0709. The van der Waals surface area contributed by atoms with Crippen LogP contribution in [-0.4, -0.2) is 53.6 Å². The van der Waals surface area contributed by atoms with E-state index in [1.54, 1.807) is 6.07 Å². The minimum atomic E-state index is -0.915. The van der Waals surface area contributed by atoms with Gasteiger partial charge in [0.25, 0.3) is 11.8 Å². The second-order valence-electron chi connectivity index (χ2n) is 7.07. The maximum atomic E-state index is 13.0. The van der Waals surface area contributed by atoms with Gasteiger partial charge in [-0.1, -0.05) is 24.3 Å². The van der Waals surface area contributed by atoms with Crippen molar-refractivity contribution in [3.05, 3.63) is 46.3 Å². The summed E-state index contributed by atoms with van der Waals surface area (Å²) in [5.41, 5.74) is 8.55. The number of rotatable bonds is 7. The molecule has 0 unspecified atom stereocenters. The predicted octanol–water partition coefficient (Wildman–Crippen LogP) is 2.45. The number of hydrogen-bond donors (Lipinski definition) is 3. The fourth-order valence-electron chi connectivity index (χ4n) is 3.53. The number of benzene rings is 1. The minimum Gasteiger partial charge on any atom is -0.388 e. The monoisotopic (exact) mass is 447 g/mol. The highest BCUT2D eigenvalue weighted by Crippen LogP contribution is 2.36. The Labute approximate surface area is 183 Å². The quantitative estimate of drug-likeness (QED) is 0.444. The van der Waals surface area contributed by atoms with Crippen LogP contribution in [0.3, 0.4) is 0 Å². The van der Waals surface area contributed by atoms with Crippen molar-refractivity contribution in [2.45, 2.75) is 29.5 Å². The molecule has 1 aliphatic heterocycles. The summed E-state index contributed by atoms with van der Waals surface area (Å²) < 4.78 is 0.742. The number of ketones is 1. The summed E-state index contributed by atoms with van der Waals surface area (Å²) >= 11 is 2.69. The number of nitrogens with one attached hydrogen (secondary N) is 1. The number of carbonyl (C=O) groups is 3. The third-order valence-electron chi connectivity index (χ3n) is 5.18. The first kappa shape index (κ1) is 22.5. The number of likely N-dealkylation sites (tertiary alicyclic amines) is 1. The van der Waals surface area contributed by atoms with Gasteiger partial charge in [0, 0.05) is 19.6 Å². The van der Waals surface area contributed by atoms with Gasteiger partial charge in [0.15, 0.2) is 0 Å². The van der Waals surface area contributed by atoms with Crippen molar-refractivity contribution in [3.8, 4) is 0 Å². The molecule has 2 aromatic rings. The van der Waals surface area contributed by atoms with Gasteiger partial charge in [-0.2, -0.15) is 0 Å². The maximum Gasteiger partial charge on any atom is 0.294 e. The average Bonchev–Trinajstić information content (AvgIpc) is 3.20. The van der Waals surface area contributed by atoms with Crippen LogP contribution in [0.4, 0.5) is 5.69 Å². The summed E-state index contributed by atoms with van der Waals surface area (Å²) in [5.74, 6) is -1.46. The van der Waals surface area contributed by atoms with Gasteiger partial charge in [-0.05, 0) is 42.2 Å². The van der Waals surface area contributed by atoms with E-state index in [0.29, 0.717) is 36.1 Å². The Balaban J connectivity index is 1.66. The number of carbonyl (C=O) groups excluding carboxylic acids is 3. The number of aliphatic hydroxyl groups is 1. The van der Waals surface area contributed by atoms with Gasteiger partial charge in [-0.25, -0.2) is 0 Å². The third kappa shape index (κ3) is 5.10. The highest BCUT2D eigenvalue weighted by molar-refractivity contribution is 8.00. The molecule has 160 valence electrons. The number of hydrogen-bond acceptors (Lipinski definition) is 7. The molecule has 2 amide bonds. The number of nitrogens with two attached hydrogens (primary N) is 1. The van der Waals surface area contributed by atoms with Gasteiger partial charge in [0.2, 0.25) is 5.78 Å². The molecule has 9 heteroatoms. The molecule has 1 aliphatic rings. The van der Waals surface area contributed by atoms with Crippen molar-refractivity contribution in [2.75, 3.05) is 31.3 Å². The molecule has 0 radical (unpaired) electrons. The van der Waals surface area contributed by atoms with Crippen LogP contribution in [0.25, 0.3) is 0 Å². The Bertz CT molecular complexity index is 936.